The summed E-state index contributed by atoms with van der Waals surface area (Å²) in [5, 5.41) is 1.02. The largest absolute Gasteiger partial charge is 0.362 e. The average molecular weight is 303 g/mol. The molecule has 1 aromatic carbocycles. The summed E-state index contributed by atoms with van der Waals surface area (Å²) in [6.07, 6.45) is 1.83. The highest BCUT2D eigenvalue weighted by Crippen LogP contribution is 2.18. The Labute approximate surface area is 135 Å². The monoisotopic (exact) mass is 303 g/mol. The highest BCUT2D eigenvalue weighted by molar-refractivity contribution is 5.79. The molecule has 0 atom stereocenters. The van der Waals surface area contributed by atoms with Crippen molar-refractivity contribution >= 4 is 10.9 Å². The van der Waals surface area contributed by atoms with E-state index in [9.17, 15) is 0 Å². The van der Waals surface area contributed by atoms with Crippen LogP contribution in [-0.2, 0) is 11.3 Å². The van der Waals surface area contributed by atoms with Crippen molar-refractivity contribution in [1.82, 2.24) is 15.0 Å². The van der Waals surface area contributed by atoms with E-state index in [1.54, 1.807) is 6.92 Å². The molecule has 0 aliphatic heterocycles. The zero-order valence-corrected chi connectivity index (χ0v) is 13.2. The lowest BCUT2D eigenvalue weighted by Crippen LogP contribution is -2.01. The number of pyridine rings is 1. The number of nitrogens with zero attached hydrogens (tertiary/aromatic N) is 3. The lowest BCUT2D eigenvalue weighted by atomic mass is 10.2. The van der Waals surface area contributed by atoms with Crippen LogP contribution in [-0.4, -0.2) is 21.6 Å². The topological polar surface area (TPSA) is 47.9 Å². The summed E-state index contributed by atoms with van der Waals surface area (Å²) in [6, 6.07) is 11.9. The van der Waals surface area contributed by atoms with Crippen LogP contribution in [0.2, 0.25) is 0 Å². The van der Waals surface area contributed by atoms with Gasteiger partial charge in [-0.25, -0.2) is 15.0 Å². The summed E-state index contributed by atoms with van der Waals surface area (Å²) in [7, 11) is 0. The number of benzene rings is 1. The fraction of sp³-hybridized carbons (Fsp3) is 0.211. The number of fused-ring (bicyclic) bond motifs is 1. The van der Waals surface area contributed by atoms with Crippen molar-refractivity contribution in [3.05, 3.63) is 53.9 Å². The zero-order chi connectivity index (χ0) is 16.1. The Kier molecular flexibility index (Phi) is 4.60. The number of ether oxygens (including phenoxy) is 1. The number of rotatable bonds is 4. The van der Waals surface area contributed by atoms with Crippen molar-refractivity contribution < 1.29 is 4.74 Å². The maximum Gasteiger partial charge on any atom is 0.178 e. The number of hydrogen-bond donors (Lipinski definition) is 0. The number of hydrogen-bond acceptors (Lipinski definition) is 4. The van der Waals surface area contributed by atoms with Gasteiger partial charge in [-0.3, -0.25) is 0 Å². The fourth-order valence-electron chi connectivity index (χ4n) is 2.21. The molecule has 3 aromatic rings. The van der Waals surface area contributed by atoms with E-state index in [2.05, 4.69) is 26.8 Å². The second-order valence-corrected chi connectivity index (χ2v) is 5.13. The van der Waals surface area contributed by atoms with Gasteiger partial charge in [0.25, 0.3) is 0 Å². The second-order valence-electron chi connectivity index (χ2n) is 5.13. The van der Waals surface area contributed by atoms with Crippen LogP contribution in [0.1, 0.15) is 18.2 Å². The van der Waals surface area contributed by atoms with Crippen molar-refractivity contribution in [2.45, 2.75) is 20.5 Å². The molecule has 2 aromatic heterocycles. The van der Waals surface area contributed by atoms with E-state index in [4.69, 9.17) is 4.74 Å². The van der Waals surface area contributed by atoms with Gasteiger partial charge in [0.15, 0.2) is 5.82 Å². The molecule has 0 spiro atoms. The van der Waals surface area contributed by atoms with Gasteiger partial charge in [0.1, 0.15) is 12.3 Å². The van der Waals surface area contributed by atoms with Gasteiger partial charge in [-0.1, -0.05) is 30.2 Å². The molecular weight excluding hydrogens is 286 g/mol. The molecule has 0 aliphatic carbocycles. The lowest BCUT2D eigenvalue weighted by Gasteiger charge is -2.07. The summed E-state index contributed by atoms with van der Waals surface area (Å²) in [5.41, 5.74) is 3.63. The van der Waals surface area contributed by atoms with Crippen LogP contribution in [0.4, 0.5) is 0 Å². The van der Waals surface area contributed by atoms with Crippen LogP contribution in [0.5, 0.6) is 0 Å². The van der Waals surface area contributed by atoms with E-state index in [0.717, 1.165) is 27.9 Å². The lowest BCUT2D eigenvalue weighted by molar-refractivity contribution is 0.150. The van der Waals surface area contributed by atoms with E-state index < -0.39 is 0 Å². The SMILES string of the molecule is CC#CCOCc1nc(-c2ncc3ccccc3n2)ccc1C. The fourth-order valence-corrected chi connectivity index (χ4v) is 2.21. The third kappa shape index (κ3) is 3.53. The van der Waals surface area contributed by atoms with Gasteiger partial charge in [-0.2, -0.15) is 0 Å². The molecule has 0 radical (unpaired) electrons. The van der Waals surface area contributed by atoms with Crippen molar-refractivity contribution in [3.63, 3.8) is 0 Å². The molecule has 4 heteroatoms. The predicted molar refractivity (Wildman–Crippen MR) is 90.6 cm³/mol. The molecule has 0 unspecified atom stereocenters. The predicted octanol–water partition coefficient (Wildman–Crippen LogP) is 3.54. The molecule has 0 fully saturated rings. The first kappa shape index (κ1) is 15.1. The molecule has 0 saturated carbocycles. The molecule has 0 aliphatic rings. The molecule has 2 heterocycles. The van der Waals surface area contributed by atoms with Gasteiger partial charge < -0.3 is 4.74 Å². The molecule has 0 N–H and O–H groups in total. The highest BCUT2D eigenvalue weighted by Gasteiger charge is 2.08. The zero-order valence-electron chi connectivity index (χ0n) is 13.2. The first-order valence-corrected chi connectivity index (χ1v) is 7.44. The van der Waals surface area contributed by atoms with Crippen LogP contribution in [0.25, 0.3) is 22.4 Å². The van der Waals surface area contributed by atoms with Gasteiger partial charge in [0.05, 0.1) is 17.8 Å². The van der Waals surface area contributed by atoms with Gasteiger partial charge in [-0.05, 0) is 31.5 Å². The molecule has 0 bridgehead atoms. The number of para-hydroxylation sites is 1. The first-order valence-electron chi connectivity index (χ1n) is 7.44. The van der Waals surface area contributed by atoms with Gasteiger partial charge in [-0.15, -0.1) is 5.92 Å². The Morgan fingerprint density at radius 1 is 1.09 bits per heavy atom. The van der Waals surface area contributed by atoms with E-state index in [0.29, 0.717) is 19.0 Å². The van der Waals surface area contributed by atoms with E-state index >= 15 is 0 Å². The van der Waals surface area contributed by atoms with E-state index in [-0.39, 0.29) is 0 Å². The minimum atomic E-state index is 0.411. The van der Waals surface area contributed by atoms with Gasteiger partial charge >= 0.3 is 0 Å². The molecule has 0 saturated heterocycles. The Morgan fingerprint density at radius 2 is 1.96 bits per heavy atom. The minimum absolute atomic E-state index is 0.411. The summed E-state index contributed by atoms with van der Waals surface area (Å²) in [5.74, 6) is 6.31. The molecule has 114 valence electrons. The third-order valence-electron chi connectivity index (χ3n) is 3.51. The van der Waals surface area contributed by atoms with Crippen LogP contribution < -0.4 is 0 Å². The van der Waals surface area contributed by atoms with Crippen molar-refractivity contribution in [2.75, 3.05) is 6.61 Å². The summed E-state index contributed by atoms with van der Waals surface area (Å²) in [6.45, 7) is 4.66. The quantitative estimate of drug-likeness (QED) is 0.546. The second kappa shape index (κ2) is 6.99. The maximum absolute atomic E-state index is 5.53. The minimum Gasteiger partial charge on any atom is -0.362 e. The molecule has 3 rings (SSSR count). The number of aromatic nitrogens is 3. The average Bonchev–Trinajstić information content (AvgIpc) is 2.60. The smallest absolute Gasteiger partial charge is 0.178 e. The first-order chi connectivity index (χ1) is 11.3. The van der Waals surface area contributed by atoms with Gasteiger partial charge in [0.2, 0.25) is 0 Å². The summed E-state index contributed by atoms with van der Waals surface area (Å²) < 4.78 is 5.53. The maximum atomic E-state index is 5.53. The number of aryl methyl sites for hydroxylation is 1. The standard InChI is InChI=1S/C19H17N3O/c1-3-4-11-23-13-18-14(2)9-10-17(21-18)19-20-12-15-7-5-6-8-16(15)22-19/h5-10,12H,11,13H2,1-2H3. The Hall–Kier alpha value is -2.77. The van der Waals surface area contributed by atoms with Crippen LogP contribution in [0.15, 0.2) is 42.6 Å². The van der Waals surface area contributed by atoms with Crippen molar-refractivity contribution in [3.8, 4) is 23.4 Å². The Morgan fingerprint density at radius 3 is 2.83 bits per heavy atom. The molecule has 4 nitrogen and oxygen atoms in total. The summed E-state index contributed by atoms with van der Waals surface area (Å²) in [4.78, 5) is 13.7. The Bertz CT molecular complexity index is 894. The van der Waals surface area contributed by atoms with Crippen LogP contribution in [0, 0.1) is 18.8 Å². The van der Waals surface area contributed by atoms with Gasteiger partial charge in [0, 0.05) is 11.6 Å². The molecular formula is C19H17N3O. The van der Waals surface area contributed by atoms with Crippen molar-refractivity contribution in [1.29, 1.82) is 0 Å². The third-order valence-corrected chi connectivity index (χ3v) is 3.51. The van der Waals surface area contributed by atoms with E-state index in [1.165, 1.54) is 0 Å². The Balaban J connectivity index is 1.90. The van der Waals surface area contributed by atoms with Crippen LogP contribution >= 0.6 is 0 Å². The van der Waals surface area contributed by atoms with E-state index in [1.807, 2.05) is 49.5 Å². The normalized spacial score (nSPS) is 10.3. The van der Waals surface area contributed by atoms with Crippen LogP contribution in [0.3, 0.4) is 0 Å². The van der Waals surface area contributed by atoms with Crippen molar-refractivity contribution in [2.24, 2.45) is 0 Å². The molecule has 23 heavy (non-hydrogen) atoms. The molecule has 0 amide bonds. The highest BCUT2D eigenvalue weighted by atomic mass is 16.5. The summed E-state index contributed by atoms with van der Waals surface area (Å²) >= 11 is 0.